The van der Waals surface area contributed by atoms with Gasteiger partial charge in [0.2, 0.25) is 5.96 Å². The fraction of sp³-hybridized carbons (Fsp3) is 0.846. The Morgan fingerprint density at radius 1 is 1.05 bits per heavy atom. The molecule has 0 aromatic heterocycles. The van der Waals surface area contributed by atoms with Gasteiger partial charge in [0.05, 0.1) is 13.0 Å². The van der Waals surface area contributed by atoms with E-state index in [4.69, 9.17) is 20.0 Å². The topological polar surface area (TPSA) is 139 Å². The maximum atomic E-state index is 12.3. The van der Waals surface area contributed by atoms with E-state index in [1.165, 1.54) is 0 Å². The Morgan fingerprint density at radius 2 is 1.71 bits per heavy atom. The average molecular weight is 539 g/mol. The lowest BCUT2D eigenvalue weighted by Gasteiger charge is -2.35. The first-order valence-electron chi connectivity index (χ1n) is 13.9. The summed E-state index contributed by atoms with van der Waals surface area (Å²) in [5, 5.41) is 19.5. The van der Waals surface area contributed by atoms with Crippen LogP contribution in [0.5, 0.6) is 0 Å². The predicted octanol–water partition coefficient (Wildman–Crippen LogP) is 2.24. The van der Waals surface area contributed by atoms with Crippen LogP contribution in [-0.2, 0) is 14.3 Å². The normalized spacial score (nSPS) is 21.9. The number of carbonyl (C=O) groups excluding carboxylic acids is 2. The number of likely N-dealkylation sites (tertiary alicyclic amines) is 1. The second kappa shape index (κ2) is 14.0. The van der Waals surface area contributed by atoms with Gasteiger partial charge < -0.3 is 29.3 Å². The van der Waals surface area contributed by atoms with Crippen molar-refractivity contribution in [3.63, 3.8) is 0 Å². The van der Waals surface area contributed by atoms with Crippen LogP contribution >= 0.6 is 0 Å². The Balaban J connectivity index is 1.24. The Labute approximate surface area is 226 Å². The van der Waals surface area contributed by atoms with Gasteiger partial charge in [0.1, 0.15) is 11.7 Å². The molecular weight excluding hydrogens is 492 g/mol. The molecule has 38 heavy (non-hydrogen) atoms. The number of cyclic esters (lactones) is 1. The molecule has 0 spiro atoms. The first-order chi connectivity index (χ1) is 18.0. The van der Waals surface area contributed by atoms with Crippen molar-refractivity contribution in [2.45, 2.75) is 71.0 Å². The van der Waals surface area contributed by atoms with E-state index in [9.17, 15) is 14.4 Å². The van der Waals surface area contributed by atoms with Gasteiger partial charge in [0, 0.05) is 58.9 Å². The summed E-state index contributed by atoms with van der Waals surface area (Å²) >= 11 is 0. The summed E-state index contributed by atoms with van der Waals surface area (Å²) in [4.78, 5) is 43.2. The fourth-order valence-corrected chi connectivity index (χ4v) is 5.25. The highest BCUT2D eigenvalue weighted by atomic mass is 16.6. The molecule has 3 heterocycles. The molecule has 3 N–H and O–H groups in total. The molecule has 0 saturated carbocycles. The minimum atomic E-state index is -0.762. The molecular formula is C26H46N6O6. The van der Waals surface area contributed by atoms with Crippen LogP contribution in [0.15, 0.2) is 0 Å². The fourth-order valence-electron chi connectivity index (χ4n) is 5.25. The van der Waals surface area contributed by atoms with Gasteiger partial charge >= 0.3 is 18.2 Å². The van der Waals surface area contributed by atoms with Crippen LogP contribution in [0.25, 0.3) is 0 Å². The summed E-state index contributed by atoms with van der Waals surface area (Å²) in [6.45, 7) is 12.9. The van der Waals surface area contributed by atoms with Gasteiger partial charge in [-0.1, -0.05) is 12.8 Å². The number of piperazine rings is 1. The highest BCUT2D eigenvalue weighted by Gasteiger charge is 2.33. The van der Waals surface area contributed by atoms with Gasteiger partial charge in [-0.2, -0.15) is 0 Å². The summed E-state index contributed by atoms with van der Waals surface area (Å²) in [5.41, 5.74) is -0.592. The van der Waals surface area contributed by atoms with E-state index < -0.39 is 17.7 Å². The van der Waals surface area contributed by atoms with E-state index in [1.807, 2.05) is 9.80 Å². The van der Waals surface area contributed by atoms with Crippen molar-refractivity contribution in [3.05, 3.63) is 0 Å². The minimum Gasteiger partial charge on any atom is -0.481 e. The Kier molecular flexibility index (Phi) is 11.0. The third kappa shape index (κ3) is 10.3. The van der Waals surface area contributed by atoms with Crippen LogP contribution in [0, 0.1) is 11.3 Å². The highest BCUT2D eigenvalue weighted by molar-refractivity contribution is 5.92. The van der Waals surface area contributed by atoms with Crippen molar-refractivity contribution in [2.75, 3.05) is 65.4 Å². The number of nitrogens with zero attached hydrogens (tertiary/aromatic N) is 4. The van der Waals surface area contributed by atoms with Crippen molar-refractivity contribution in [1.82, 2.24) is 24.9 Å². The lowest BCUT2D eigenvalue weighted by molar-refractivity contribution is -0.137. The zero-order valence-corrected chi connectivity index (χ0v) is 23.2. The molecule has 3 aliphatic heterocycles. The van der Waals surface area contributed by atoms with Crippen LogP contribution in [-0.4, -0.2) is 126 Å². The van der Waals surface area contributed by atoms with Crippen molar-refractivity contribution in [1.29, 1.82) is 5.41 Å². The number of carbonyl (C=O) groups is 3. The number of rotatable bonds is 10. The smallest absolute Gasteiger partial charge is 0.414 e. The summed E-state index contributed by atoms with van der Waals surface area (Å²) < 4.78 is 10.8. The molecule has 1 unspecified atom stereocenters. The minimum absolute atomic E-state index is 0.0971. The van der Waals surface area contributed by atoms with E-state index in [0.717, 1.165) is 77.9 Å². The maximum absolute atomic E-state index is 12.3. The predicted molar refractivity (Wildman–Crippen MR) is 142 cm³/mol. The molecule has 2 amide bonds. The zero-order valence-electron chi connectivity index (χ0n) is 23.2. The van der Waals surface area contributed by atoms with Crippen LogP contribution in [0.4, 0.5) is 9.59 Å². The number of piperidine rings is 1. The molecule has 1 atom stereocenters. The first-order valence-corrected chi connectivity index (χ1v) is 13.9. The summed E-state index contributed by atoms with van der Waals surface area (Å²) in [6, 6.07) is 0. The third-order valence-corrected chi connectivity index (χ3v) is 7.36. The summed E-state index contributed by atoms with van der Waals surface area (Å²) in [6.07, 6.45) is 4.30. The third-order valence-electron chi connectivity index (χ3n) is 7.36. The second-order valence-electron chi connectivity index (χ2n) is 11.6. The quantitative estimate of drug-likeness (QED) is 0.217. The largest absolute Gasteiger partial charge is 0.481 e. The molecule has 0 aromatic carbocycles. The molecule has 12 nitrogen and oxygen atoms in total. The molecule has 0 radical (unpaired) electrons. The van der Waals surface area contributed by atoms with Gasteiger partial charge in [-0.15, -0.1) is 0 Å². The van der Waals surface area contributed by atoms with E-state index in [1.54, 1.807) is 20.8 Å². The Hall–Kier alpha value is -2.60. The van der Waals surface area contributed by atoms with Crippen LogP contribution in [0.3, 0.4) is 0 Å². The Morgan fingerprint density at radius 3 is 2.34 bits per heavy atom. The molecule has 12 heteroatoms. The van der Waals surface area contributed by atoms with Crippen molar-refractivity contribution >= 4 is 24.1 Å². The molecule has 3 rings (SSSR count). The molecule has 0 bridgehead atoms. The number of unbranched alkanes of at least 4 members (excludes halogenated alkanes) is 1. The van der Waals surface area contributed by atoms with Crippen molar-refractivity contribution in [2.24, 2.45) is 5.92 Å². The van der Waals surface area contributed by atoms with Gasteiger partial charge in [-0.3, -0.25) is 20.4 Å². The first kappa shape index (κ1) is 29.9. The molecule has 0 aromatic rings. The van der Waals surface area contributed by atoms with E-state index in [2.05, 4.69) is 15.1 Å². The zero-order chi connectivity index (χ0) is 27.7. The standard InChI is InChI=1S/C26H46N6O6/c1-26(2,3)38-24(35)28-23(27)31-12-7-20(8-13-31)6-4-5-10-32-19-21(37-25(32)36)18-30-16-14-29(15-17-30)11-9-22(33)34/h20-21H,4-19H2,1-3H3,(H,33,34)(H2,27,28,35). The van der Waals surface area contributed by atoms with Gasteiger partial charge in [-0.25, -0.2) is 9.59 Å². The average Bonchev–Trinajstić information content (AvgIpc) is 3.19. The van der Waals surface area contributed by atoms with Crippen LogP contribution in [0.1, 0.15) is 59.3 Å². The van der Waals surface area contributed by atoms with Gasteiger partial charge in [0.15, 0.2) is 0 Å². The van der Waals surface area contributed by atoms with Crippen molar-refractivity contribution < 1.29 is 29.0 Å². The lowest BCUT2D eigenvalue weighted by atomic mass is 9.91. The number of hydrogen-bond donors (Lipinski definition) is 3. The number of carboxylic acids is 1. The Bertz CT molecular complexity index is 818. The number of aliphatic carboxylic acids is 1. The van der Waals surface area contributed by atoms with E-state index in [-0.39, 0.29) is 24.6 Å². The molecule has 3 saturated heterocycles. The van der Waals surface area contributed by atoms with E-state index in [0.29, 0.717) is 25.6 Å². The maximum Gasteiger partial charge on any atom is 0.414 e. The van der Waals surface area contributed by atoms with Crippen LogP contribution < -0.4 is 5.32 Å². The number of amides is 2. The highest BCUT2D eigenvalue weighted by Crippen LogP contribution is 2.23. The van der Waals surface area contributed by atoms with Gasteiger partial charge in [0.25, 0.3) is 0 Å². The number of alkyl carbamates (subject to hydrolysis) is 1. The lowest BCUT2D eigenvalue weighted by Crippen LogP contribution is -2.49. The number of hydrogen-bond acceptors (Lipinski definition) is 8. The van der Waals surface area contributed by atoms with Crippen molar-refractivity contribution in [3.8, 4) is 0 Å². The summed E-state index contributed by atoms with van der Waals surface area (Å²) in [5.74, 6) is -0.0743. The number of guanidine groups is 1. The van der Waals surface area contributed by atoms with Crippen LogP contribution in [0.2, 0.25) is 0 Å². The summed E-state index contributed by atoms with van der Waals surface area (Å²) in [7, 11) is 0. The second-order valence-corrected chi connectivity index (χ2v) is 11.6. The molecule has 216 valence electrons. The number of nitrogens with one attached hydrogen (secondary N) is 2. The SMILES string of the molecule is CC(C)(C)OC(=O)NC(=N)N1CCC(CCCCN2CC(CN3CCN(CCC(=O)O)CC3)OC2=O)CC1. The molecule has 3 fully saturated rings. The van der Waals surface area contributed by atoms with E-state index >= 15 is 0 Å². The number of ether oxygens (including phenoxy) is 2. The number of carboxylic acid groups (broad SMARTS) is 1. The molecule has 3 aliphatic rings. The van der Waals surface area contributed by atoms with Gasteiger partial charge in [-0.05, 0) is 46.0 Å². The molecule has 0 aliphatic carbocycles. The monoisotopic (exact) mass is 538 g/mol.